The summed E-state index contributed by atoms with van der Waals surface area (Å²) in [7, 11) is -8.44. The third-order valence-electron chi connectivity index (χ3n) is 9.21. The van der Waals surface area contributed by atoms with Crippen LogP contribution in [0.3, 0.4) is 0 Å². The number of nitrogens with zero attached hydrogens (tertiary/aromatic N) is 6. The van der Waals surface area contributed by atoms with Crippen molar-refractivity contribution in [3.63, 3.8) is 0 Å². The average molecular weight is 737 g/mol. The van der Waals surface area contributed by atoms with Crippen LogP contribution in [-0.2, 0) is 20.0 Å². The highest BCUT2D eigenvalue weighted by Crippen LogP contribution is 2.27. The van der Waals surface area contributed by atoms with Gasteiger partial charge in [-0.05, 0) is 57.8 Å². The third kappa shape index (κ3) is 23.3. The van der Waals surface area contributed by atoms with Crippen LogP contribution in [0, 0.1) is 45.3 Å². The van der Waals surface area contributed by atoms with Crippen LogP contribution in [0.1, 0.15) is 187 Å². The molecule has 0 bridgehead atoms. The average Bonchev–Trinajstić information content (AvgIpc) is 3.09. The van der Waals surface area contributed by atoms with Gasteiger partial charge >= 0.3 is 0 Å². The van der Waals surface area contributed by atoms with Crippen molar-refractivity contribution in [1.29, 1.82) is 21.0 Å². The Balaban J connectivity index is 6.23. The summed E-state index contributed by atoms with van der Waals surface area (Å²) in [5, 5.41) is 35.5. The van der Waals surface area contributed by atoms with E-state index >= 15 is 0 Å². The molecule has 0 aromatic heterocycles. The van der Waals surface area contributed by atoms with Crippen molar-refractivity contribution < 1.29 is 16.8 Å². The summed E-state index contributed by atoms with van der Waals surface area (Å²) >= 11 is 0. The molecular weight excluding hydrogens is 669 g/mol. The van der Waals surface area contributed by atoms with Gasteiger partial charge in [-0.25, -0.2) is 25.4 Å². The summed E-state index contributed by atoms with van der Waals surface area (Å²) in [5.74, 6) is 0. The van der Waals surface area contributed by atoms with Gasteiger partial charge in [-0.3, -0.25) is 0 Å². The van der Waals surface area contributed by atoms with Crippen molar-refractivity contribution in [1.82, 2.24) is 8.61 Å². The summed E-state index contributed by atoms with van der Waals surface area (Å²) < 4.78 is 59.7. The molecule has 0 saturated heterocycles. The standard InChI is InChI=1S/C38H68N6O4S2/c1-2-3-4-5-6-11-20-29-38(49(45,46)43(34-25-16-7-12-21-30-39)35-26-17-8-13-22-31-40)50(47,48)44(36-27-18-9-14-23-32-41)37-28-19-10-15-24-33-42/h38H,2-29,34-37H2,1H3. The fourth-order valence-electron chi connectivity index (χ4n) is 6.17. The molecule has 0 unspecified atom stereocenters. The zero-order chi connectivity index (χ0) is 37.2. The Morgan fingerprint density at radius 3 is 0.960 bits per heavy atom. The first-order valence-corrected chi connectivity index (χ1v) is 22.7. The van der Waals surface area contributed by atoms with E-state index in [1.807, 2.05) is 0 Å². The Morgan fingerprint density at radius 2 is 0.660 bits per heavy atom. The summed E-state index contributed by atoms with van der Waals surface area (Å²) in [6.45, 7) is 3.19. The second-order valence-corrected chi connectivity index (χ2v) is 18.0. The van der Waals surface area contributed by atoms with Gasteiger partial charge in [-0.1, -0.05) is 103 Å². The minimum Gasteiger partial charge on any atom is -0.211 e. The monoisotopic (exact) mass is 736 g/mol. The van der Waals surface area contributed by atoms with Crippen molar-refractivity contribution >= 4 is 20.0 Å². The molecule has 0 aliphatic heterocycles. The maximum atomic E-state index is 14.6. The molecule has 286 valence electrons. The smallest absolute Gasteiger partial charge is 0.211 e. The predicted octanol–water partition coefficient (Wildman–Crippen LogP) is 9.61. The minimum atomic E-state index is -4.22. The maximum Gasteiger partial charge on any atom is 0.232 e. The lowest BCUT2D eigenvalue weighted by atomic mass is 10.1. The van der Waals surface area contributed by atoms with Crippen molar-refractivity contribution in [3.8, 4) is 24.3 Å². The first kappa shape index (κ1) is 47.8. The van der Waals surface area contributed by atoms with Crippen LogP contribution in [0.4, 0.5) is 0 Å². The lowest BCUT2D eigenvalue weighted by Gasteiger charge is -2.32. The summed E-state index contributed by atoms with van der Waals surface area (Å²) in [6, 6.07) is 8.61. The van der Waals surface area contributed by atoms with E-state index < -0.39 is 24.6 Å². The number of hydrogen-bond acceptors (Lipinski definition) is 8. The molecule has 0 fully saturated rings. The van der Waals surface area contributed by atoms with E-state index in [-0.39, 0.29) is 32.6 Å². The van der Waals surface area contributed by atoms with E-state index in [1.165, 1.54) is 8.61 Å². The lowest BCUT2D eigenvalue weighted by molar-refractivity contribution is 0.368. The van der Waals surface area contributed by atoms with Crippen LogP contribution < -0.4 is 0 Å². The molecule has 0 spiro atoms. The van der Waals surface area contributed by atoms with Gasteiger partial charge in [-0.15, -0.1) is 0 Å². The van der Waals surface area contributed by atoms with E-state index in [4.69, 9.17) is 21.0 Å². The summed E-state index contributed by atoms with van der Waals surface area (Å²) in [5.41, 5.74) is 0. The molecule has 0 aromatic carbocycles. The van der Waals surface area contributed by atoms with E-state index in [0.717, 1.165) is 116 Å². The van der Waals surface area contributed by atoms with Crippen LogP contribution in [0.5, 0.6) is 0 Å². The van der Waals surface area contributed by atoms with E-state index in [1.54, 1.807) is 0 Å². The summed E-state index contributed by atoms with van der Waals surface area (Å²) in [4.78, 5) is 0. The van der Waals surface area contributed by atoms with Crippen molar-refractivity contribution in [2.75, 3.05) is 26.2 Å². The molecule has 0 heterocycles. The lowest BCUT2D eigenvalue weighted by Crippen LogP contribution is -2.49. The Labute approximate surface area is 307 Å². The molecule has 0 aliphatic rings. The quantitative estimate of drug-likeness (QED) is 0.0572. The van der Waals surface area contributed by atoms with Gasteiger partial charge in [0.25, 0.3) is 0 Å². The number of unbranched alkanes of at least 4 members (excludes halogenated alkanes) is 22. The fraction of sp³-hybridized carbons (Fsp3) is 0.895. The van der Waals surface area contributed by atoms with Crippen molar-refractivity contribution in [2.24, 2.45) is 0 Å². The molecule has 0 radical (unpaired) electrons. The van der Waals surface area contributed by atoms with Crippen LogP contribution in [0.2, 0.25) is 0 Å². The van der Waals surface area contributed by atoms with Crippen LogP contribution in [0.15, 0.2) is 0 Å². The van der Waals surface area contributed by atoms with Gasteiger partial charge in [0.2, 0.25) is 20.0 Å². The Kier molecular flexibility index (Phi) is 31.2. The molecule has 10 nitrogen and oxygen atoms in total. The van der Waals surface area contributed by atoms with Gasteiger partial charge in [0.05, 0.1) is 24.3 Å². The van der Waals surface area contributed by atoms with Gasteiger partial charge in [-0.2, -0.15) is 21.0 Å². The van der Waals surface area contributed by atoms with E-state index in [2.05, 4.69) is 31.2 Å². The van der Waals surface area contributed by atoms with E-state index in [0.29, 0.717) is 57.8 Å². The topological polar surface area (TPSA) is 170 Å². The van der Waals surface area contributed by atoms with Crippen molar-refractivity contribution in [2.45, 2.75) is 191 Å². The van der Waals surface area contributed by atoms with Gasteiger partial charge in [0.1, 0.15) is 0 Å². The number of nitriles is 4. The van der Waals surface area contributed by atoms with Crippen molar-refractivity contribution in [3.05, 3.63) is 0 Å². The third-order valence-corrected chi connectivity index (χ3v) is 14.6. The summed E-state index contributed by atoms with van der Waals surface area (Å²) in [6.07, 6.45) is 20.6. The second-order valence-electron chi connectivity index (χ2n) is 13.5. The normalized spacial score (nSPS) is 11.8. The molecule has 0 aromatic rings. The highest BCUT2D eigenvalue weighted by atomic mass is 32.3. The number of sulfonamides is 2. The zero-order valence-electron chi connectivity index (χ0n) is 31.3. The Morgan fingerprint density at radius 1 is 0.400 bits per heavy atom. The second kappa shape index (κ2) is 32.7. The molecule has 0 atom stereocenters. The molecule has 0 N–H and O–H groups in total. The molecule has 12 heteroatoms. The van der Waals surface area contributed by atoms with Gasteiger partial charge < -0.3 is 0 Å². The Hall–Kier alpha value is -2.22. The molecule has 50 heavy (non-hydrogen) atoms. The van der Waals surface area contributed by atoms with E-state index in [9.17, 15) is 16.8 Å². The molecule has 0 rings (SSSR count). The minimum absolute atomic E-state index is 0.0696. The number of hydrogen-bond donors (Lipinski definition) is 0. The predicted molar refractivity (Wildman–Crippen MR) is 202 cm³/mol. The SMILES string of the molecule is CCCCCCCCCC(S(=O)(=O)N(CCCCCCC#N)CCCCCCC#N)S(=O)(=O)N(CCCCCCC#N)CCCCCCC#N. The van der Waals surface area contributed by atoms with Crippen LogP contribution >= 0.6 is 0 Å². The fourth-order valence-corrected chi connectivity index (χ4v) is 11.3. The molecule has 0 amide bonds. The molecular formula is C38H68N6O4S2. The van der Waals surface area contributed by atoms with Crippen LogP contribution in [-0.4, -0.2) is 56.2 Å². The Bertz CT molecular complexity index is 1080. The highest BCUT2D eigenvalue weighted by Gasteiger charge is 2.43. The largest absolute Gasteiger partial charge is 0.232 e. The maximum absolute atomic E-state index is 14.6. The van der Waals surface area contributed by atoms with Crippen LogP contribution in [0.25, 0.3) is 0 Å². The van der Waals surface area contributed by atoms with Gasteiger partial charge in [0, 0.05) is 51.9 Å². The molecule has 0 aliphatic carbocycles. The van der Waals surface area contributed by atoms with Gasteiger partial charge in [0.15, 0.2) is 4.58 Å². The highest BCUT2D eigenvalue weighted by molar-refractivity contribution is 8.07. The number of rotatable bonds is 36. The molecule has 0 saturated carbocycles. The zero-order valence-corrected chi connectivity index (χ0v) is 33.0. The first-order valence-electron chi connectivity index (χ1n) is 19.7. The first-order chi connectivity index (χ1) is 24.2.